The molecule has 118 valence electrons. The van der Waals surface area contributed by atoms with Crippen molar-refractivity contribution in [3.8, 4) is 0 Å². The molecule has 3 rings (SSSR count). The maximum atomic E-state index is 12.5. The number of hydrogen-bond donors (Lipinski definition) is 2. The van der Waals surface area contributed by atoms with Crippen molar-refractivity contribution in [3.63, 3.8) is 0 Å². The van der Waals surface area contributed by atoms with Gasteiger partial charge in [-0.3, -0.25) is 0 Å². The van der Waals surface area contributed by atoms with Crippen molar-refractivity contribution in [2.24, 2.45) is 11.7 Å². The van der Waals surface area contributed by atoms with Gasteiger partial charge in [-0.25, -0.2) is 13.1 Å². The van der Waals surface area contributed by atoms with Crippen molar-refractivity contribution in [2.75, 3.05) is 32.7 Å². The molecule has 0 aliphatic carbocycles. The highest BCUT2D eigenvalue weighted by atomic mass is 32.2. The second-order valence-electron chi connectivity index (χ2n) is 5.74. The van der Waals surface area contributed by atoms with Crippen LogP contribution in [0.4, 0.5) is 0 Å². The fourth-order valence-electron chi connectivity index (χ4n) is 2.85. The molecule has 0 radical (unpaired) electrons. The number of fused-ring (bicyclic) bond motifs is 1. The van der Waals surface area contributed by atoms with Crippen LogP contribution in [0.2, 0.25) is 0 Å². The first kappa shape index (κ1) is 15.4. The molecule has 0 bridgehead atoms. The van der Waals surface area contributed by atoms with E-state index in [2.05, 4.69) is 9.62 Å². The summed E-state index contributed by atoms with van der Waals surface area (Å²) in [6.07, 6.45) is 0. The van der Waals surface area contributed by atoms with Crippen LogP contribution in [0.5, 0.6) is 0 Å². The maximum Gasteiger partial charge on any atom is 0.241 e. The molecule has 6 heteroatoms. The predicted molar refractivity (Wildman–Crippen MR) is 88.1 cm³/mol. The Morgan fingerprint density at radius 2 is 1.86 bits per heavy atom. The van der Waals surface area contributed by atoms with Crippen molar-refractivity contribution in [1.29, 1.82) is 0 Å². The van der Waals surface area contributed by atoms with E-state index in [4.69, 9.17) is 5.73 Å². The van der Waals surface area contributed by atoms with Gasteiger partial charge in [0, 0.05) is 31.6 Å². The second kappa shape index (κ2) is 6.34. The van der Waals surface area contributed by atoms with E-state index >= 15 is 0 Å². The number of sulfonamides is 1. The summed E-state index contributed by atoms with van der Waals surface area (Å²) in [7, 11) is -3.49. The summed E-state index contributed by atoms with van der Waals surface area (Å²) in [5.41, 5.74) is 5.58. The molecule has 0 saturated carbocycles. The Morgan fingerprint density at radius 1 is 1.14 bits per heavy atom. The average molecular weight is 319 g/mol. The van der Waals surface area contributed by atoms with Gasteiger partial charge >= 0.3 is 0 Å². The van der Waals surface area contributed by atoms with E-state index in [1.807, 2.05) is 30.3 Å². The quantitative estimate of drug-likeness (QED) is 0.833. The zero-order valence-electron chi connectivity index (χ0n) is 12.4. The van der Waals surface area contributed by atoms with Gasteiger partial charge in [0.15, 0.2) is 0 Å². The number of hydrogen-bond acceptors (Lipinski definition) is 4. The number of nitrogens with one attached hydrogen (secondary N) is 1. The minimum absolute atomic E-state index is 0.342. The van der Waals surface area contributed by atoms with Gasteiger partial charge < -0.3 is 10.6 Å². The largest absolute Gasteiger partial charge is 0.330 e. The molecule has 1 aliphatic rings. The lowest BCUT2D eigenvalue weighted by Gasteiger charge is -2.38. The summed E-state index contributed by atoms with van der Waals surface area (Å²) in [5.74, 6) is 0.565. The third-order valence-electron chi connectivity index (χ3n) is 4.13. The lowest BCUT2D eigenvalue weighted by molar-refractivity contribution is 0.109. The third-order valence-corrected chi connectivity index (χ3v) is 5.64. The van der Waals surface area contributed by atoms with Gasteiger partial charge in [-0.2, -0.15) is 0 Å². The van der Waals surface area contributed by atoms with Crippen LogP contribution < -0.4 is 10.5 Å². The first-order valence-electron chi connectivity index (χ1n) is 7.50. The molecular formula is C16H21N3O2S. The molecular weight excluding hydrogens is 298 g/mol. The summed E-state index contributed by atoms with van der Waals surface area (Å²) >= 11 is 0. The van der Waals surface area contributed by atoms with E-state index in [-0.39, 0.29) is 0 Å². The van der Waals surface area contributed by atoms with Crippen molar-refractivity contribution >= 4 is 20.8 Å². The third kappa shape index (κ3) is 3.15. The number of nitrogens with zero attached hydrogens (tertiary/aromatic N) is 1. The maximum absolute atomic E-state index is 12.5. The lowest BCUT2D eigenvalue weighted by Crippen LogP contribution is -2.51. The first-order valence-corrected chi connectivity index (χ1v) is 8.98. The Labute approximate surface area is 131 Å². The number of nitrogens with two attached hydrogens (primary N) is 1. The van der Waals surface area contributed by atoms with E-state index in [0.717, 1.165) is 30.4 Å². The molecule has 1 heterocycles. The molecule has 3 N–H and O–H groups in total. The van der Waals surface area contributed by atoms with Gasteiger partial charge in [0.05, 0.1) is 4.90 Å². The predicted octanol–water partition coefficient (Wildman–Crippen LogP) is 1.01. The Balaban J connectivity index is 1.67. The molecule has 2 aromatic carbocycles. The molecule has 5 nitrogen and oxygen atoms in total. The number of benzene rings is 2. The topological polar surface area (TPSA) is 75.4 Å². The van der Waals surface area contributed by atoms with Crippen LogP contribution in [0.3, 0.4) is 0 Å². The summed E-state index contributed by atoms with van der Waals surface area (Å²) < 4.78 is 27.7. The standard InChI is InChI=1S/C16H21N3O2S/c17-10-13-11-19(12-13)9-8-18-22(20,21)16-7-3-5-14-4-1-2-6-15(14)16/h1-7,13,18H,8-12,17H2. The van der Waals surface area contributed by atoms with E-state index < -0.39 is 10.0 Å². The molecule has 0 unspecified atom stereocenters. The molecule has 0 amide bonds. The molecule has 1 aliphatic heterocycles. The van der Waals surface area contributed by atoms with Gasteiger partial charge in [-0.05, 0) is 23.9 Å². The van der Waals surface area contributed by atoms with E-state index in [0.29, 0.717) is 23.9 Å². The van der Waals surface area contributed by atoms with Crippen LogP contribution in [0, 0.1) is 5.92 Å². The second-order valence-corrected chi connectivity index (χ2v) is 7.47. The minimum atomic E-state index is -3.49. The van der Waals surface area contributed by atoms with E-state index in [9.17, 15) is 8.42 Å². The molecule has 1 fully saturated rings. The van der Waals surface area contributed by atoms with Gasteiger partial charge in [0.1, 0.15) is 0 Å². The van der Waals surface area contributed by atoms with Crippen molar-refractivity contribution in [1.82, 2.24) is 9.62 Å². The van der Waals surface area contributed by atoms with Crippen LogP contribution >= 0.6 is 0 Å². The molecule has 2 aromatic rings. The summed E-state index contributed by atoms with van der Waals surface area (Å²) in [6.45, 7) is 3.78. The molecule has 1 saturated heterocycles. The molecule has 0 aromatic heterocycles. The molecule has 22 heavy (non-hydrogen) atoms. The monoisotopic (exact) mass is 319 g/mol. The van der Waals surface area contributed by atoms with Crippen molar-refractivity contribution in [3.05, 3.63) is 42.5 Å². The van der Waals surface area contributed by atoms with Crippen LogP contribution in [0.25, 0.3) is 10.8 Å². The summed E-state index contributed by atoms with van der Waals surface area (Å²) in [5, 5.41) is 1.68. The highest BCUT2D eigenvalue weighted by Gasteiger charge is 2.25. The van der Waals surface area contributed by atoms with Crippen LogP contribution in [0.1, 0.15) is 0 Å². The van der Waals surface area contributed by atoms with E-state index in [1.165, 1.54) is 0 Å². The number of likely N-dealkylation sites (tertiary alicyclic amines) is 1. The number of rotatable bonds is 6. The van der Waals surface area contributed by atoms with Crippen LogP contribution in [0.15, 0.2) is 47.4 Å². The zero-order valence-corrected chi connectivity index (χ0v) is 13.2. The average Bonchev–Trinajstić information content (AvgIpc) is 2.49. The highest BCUT2D eigenvalue weighted by molar-refractivity contribution is 7.89. The van der Waals surface area contributed by atoms with E-state index in [1.54, 1.807) is 12.1 Å². The smallest absolute Gasteiger partial charge is 0.241 e. The van der Waals surface area contributed by atoms with Crippen molar-refractivity contribution in [2.45, 2.75) is 4.90 Å². The Kier molecular flexibility index (Phi) is 4.44. The fourth-order valence-corrected chi connectivity index (χ4v) is 4.10. The zero-order chi connectivity index (χ0) is 15.6. The fraction of sp³-hybridized carbons (Fsp3) is 0.375. The lowest BCUT2D eigenvalue weighted by atomic mass is 10.0. The minimum Gasteiger partial charge on any atom is -0.330 e. The Bertz CT molecular complexity index is 750. The molecule has 0 atom stereocenters. The Morgan fingerprint density at radius 3 is 2.64 bits per heavy atom. The van der Waals surface area contributed by atoms with Gasteiger partial charge in [-0.1, -0.05) is 36.4 Å². The summed E-state index contributed by atoms with van der Waals surface area (Å²) in [4.78, 5) is 2.55. The van der Waals surface area contributed by atoms with Gasteiger partial charge in [0.25, 0.3) is 0 Å². The van der Waals surface area contributed by atoms with Crippen LogP contribution in [-0.4, -0.2) is 46.0 Å². The van der Waals surface area contributed by atoms with Gasteiger partial charge in [0.2, 0.25) is 10.0 Å². The van der Waals surface area contributed by atoms with Crippen LogP contribution in [-0.2, 0) is 10.0 Å². The normalized spacial score (nSPS) is 16.8. The Hall–Kier alpha value is -1.47. The molecule has 0 spiro atoms. The summed E-state index contributed by atoms with van der Waals surface area (Å²) in [6, 6.07) is 12.9. The first-order chi connectivity index (χ1) is 10.6. The SMILES string of the molecule is NCC1CN(CCNS(=O)(=O)c2cccc3ccccc23)C1. The van der Waals surface area contributed by atoms with Crippen molar-refractivity contribution < 1.29 is 8.42 Å². The highest BCUT2D eigenvalue weighted by Crippen LogP contribution is 2.22. The van der Waals surface area contributed by atoms with Gasteiger partial charge in [-0.15, -0.1) is 0 Å².